The first-order valence-electron chi connectivity index (χ1n) is 8.31. The minimum atomic E-state index is 0.0764. The third-order valence-electron chi connectivity index (χ3n) is 3.89. The van der Waals surface area contributed by atoms with Crippen LogP contribution in [0.3, 0.4) is 0 Å². The molecule has 0 saturated carbocycles. The minimum absolute atomic E-state index is 0.0764. The van der Waals surface area contributed by atoms with E-state index in [0.29, 0.717) is 37.6 Å². The molecule has 0 radical (unpaired) electrons. The molecule has 3 aromatic rings. The van der Waals surface area contributed by atoms with Crippen molar-refractivity contribution in [3.05, 3.63) is 66.3 Å². The van der Waals surface area contributed by atoms with E-state index in [2.05, 4.69) is 15.1 Å². The highest BCUT2D eigenvalue weighted by atomic mass is 16.5. The third kappa shape index (κ3) is 4.50. The fourth-order valence-electron chi connectivity index (χ4n) is 2.52. The zero-order chi connectivity index (χ0) is 17.5. The van der Waals surface area contributed by atoms with Crippen molar-refractivity contribution in [3.8, 4) is 11.4 Å². The molecule has 25 heavy (non-hydrogen) atoms. The van der Waals surface area contributed by atoms with Gasteiger partial charge in [0.25, 0.3) is 0 Å². The second-order valence-electron chi connectivity index (χ2n) is 5.65. The quantitative estimate of drug-likeness (QED) is 0.663. The number of benzene rings is 1. The van der Waals surface area contributed by atoms with E-state index < -0.39 is 0 Å². The number of nitrogens with zero attached hydrogens (tertiary/aromatic N) is 4. The molecule has 0 saturated heterocycles. The molecule has 0 fully saturated rings. The number of aromatic nitrogens is 3. The van der Waals surface area contributed by atoms with Crippen LogP contribution in [0.5, 0.6) is 0 Å². The second kappa shape index (κ2) is 8.19. The zero-order valence-electron chi connectivity index (χ0n) is 14.1. The van der Waals surface area contributed by atoms with Crippen LogP contribution in [0.2, 0.25) is 0 Å². The number of rotatable bonds is 7. The van der Waals surface area contributed by atoms with Crippen molar-refractivity contribution in [1.29, 1.82) is 0 Å². The maximum absolute atomic E-state index is 12.5. The summed E-state index contributed by atoms with van der Waals surface area (Å²) in [7, 11) is 0. The number of aryl methyl sites for hydroxylation is 1. The van der Waals surface area contributed by atoms with Gasteiger partial charge in [-0.2, -0.15) is 4.98 Å². The summed E-state index contributed by atoms with van der Waals surface area (Å²) in [5.41, 5.74) is 1.91. The lowest BCUT2D eigenvalue weighted by molar-refractivity contribution is -0.131. The van der Waals surface area contributed by atoms with Gasteiger partial charge in [0.05, 0.1) is 0 Å². The summed E-state index contributed by atoms with van der Waals surface area (Å²) in [6, 6.07) is 13.7. The van der Waals surface area contributed by atoms with Crippen molar-refractivity contribution < 1.29 is 9.32 Å². The maximum Gasteiger partial charge on any atom is 0.227 e. The molecule has 0 aliphatic carbocycles. The fraction of sp³-hybridized carbons (Fsp3) is 0.263. The van der Waals surface area contributed by atoms with Crippen molar-refractivity contribution in [3.63, 3.8) is 0 Å². The summed E-state index contributed by atoms with van der Waals surface area (Å²) >= 11 is 0. The lowest BCUT2D eigenvalue weighted by atomic mass is 10.2. The van der Waals surface area contributed by atoms with Gasteiger partial charge in [-0.15, -0.1) is 0 Å². The number of hydrogen-bond acceptors (Lipinski definition) is 5. The van der Waals surface area contributed by atoms with E-state index >= 15 is 0 Å². The molecule has 1 aromatic carbocycles. The van der Waals surface area contributed by atoms with Crippen LogP contribution in [0.15, 0.2) is 59.4 Å². The lowest BCUT2D eigenvalue weighted by Crippen LogP contribution is -2.30. The molecule has 0 unspecified atom stereocenters. The number of carbonyl (C=O) groups is 1. The Morgan fingerprint density at radius 1 is 1.16 bits per heavy atom. The number of pyridine rings is 1. The Labute approximate surface area is 146 Å². The first-order valence-corrected chi connectivity index (χ1v) is 8.31. The largest absolute Gasteiger partial charge is 0.339 e. The molecule has 128 valence electrons. The summed E-state index contributed by atoms with van der Waals surface area (Å²) in [4.78, 5) is 22.7. The van der Waals surface area contributed by atoms with Crippen LogP contribution >= 0.6 is 0 Å². The van der Waals surface area contributed by atoms with Crippen LogP contribution < -0.4 is 0 Å². The molecule has 0 spiro atoms. The van der Waals surface area contributed by atoms with Gasteiger partial charge in [-0.3, -0.25) is 9.78 Å². The maximum atomic E-state index is 12.5. The van der Waals surface area contributed by atoms with E-state index in [9.17, 15) is 4.79 Å². The van der Waals surface area contributed by atoms with Crippen LogP contribution in [0.25, 0.3) is 11.4 Å². The van der Waals surface area contributed by atoms with E-state index in [0.717, 1.165) is 11.1 Å². The van der Waals surface area contributed by atoms with Crippen LogP contribution in [-0.4, -0.2) is 32.5 Å². The second-order valence-corrected chi connectivity index (χ2v) is 5.65. The average molecular weight is 336 g/mol. The summed E-state index contributed by atoms with van der Waals surface area (Å²) in [5, 5.41) is 3.95. The molecular weight excluding hydrogens is 316 g/mol. The molecule has 0 bridgehead atoms. The predicted octanol–water partition coefficient (Wildman–Crippen LogP) is 3.11. The van der Waals surface area contributed by atoms with Crippen LogP contribution in [-0.2, 0) is 17.8 Å². The molecule has 3 rings (SSSR count). The Morgan fingerprint density at radius 2 is 2.00 bits per heavy atom. The van der Waals surface area contributed by atoms with Crippen molar-refractivity contribution >= 4 is 5.91 Å². The van der Waals surface area contributed by atoms with Crippen LogP contribution in [0.4, 0.5) is 0 Å². The summed E-state index contributed by atoms with van der Waals surface area (Å²) in [6.45, 7) is 3.26. The topological polar surface area (TPSA) is 72.1 Å². The van der Waals surface area contributed by atoms with E-state index in [1.165, 1.54) is 0 Å². The highest BCUT2D eigenvalue weighted by Gasteiger charge is 2.15. The number of carbonyl (C=O) groups excluding carboxylic acids is 1. The van der Waals surface area contributed by atoms with Gasteiger partial charge in [0.1, 0.15) is 0 Å². The van der Waals surface area contributed by atoms with Crippen molar-refractivity contribution in [2.75, 3.05) is 6.54 Å². The Kier molecular flexibility index (Phi) is 5.51. The molecule has 6 nitrogen and oxygen atoms in total. The highest BCUT2D eigenvalue weighted by Crippen LogP contribution is 2.15. The molecule has 1 amide bonds. The molecular formula is C19H20N4O2. The van der Waals surface area contributed by atoms with E-state index in [4.69, 9.17) is 4.52 Å². The van der Waals surface area contributed by atoms with Gasteiger partial charge in [0.2, 0.25) is 17.6 Å². The number of amides is 1. The van der Waals surface area contributed by atoms with E-state index in [1.807, 2.05) is 54.3 Å². The Morgan fingerprint density at radius 3 is 2.72 bits per heavy atom. The Hall–Kier alpha value is -3.02. The van der Waals surface area contributed by atoms with Gasteiger partial charge in [-0.05, 0) is 24.6 Å². The van der Waals surface area contributed by atoms with Gasteiger partial charge >= 0.3 is 0 Å². The van der Waals surface area contributed by atoms with Gasteiger partial charge in [-0.1, -0.05) is 35.5 Å². The SMILES string of the molecule is CCN(Cc1ccccc1)C(=O)CCc1nc(-c2cccnc2)no1. The lowest BCUT2D eigenvalue weighted by Gasteiger charge is -2.20. The van der Waals surface area contributed by atoms with Gasteiger partial charge in [-0.25, -0.2) is 0 Å². The Balaban J connectivity index is 1.57. The van der Waals surface area contributed by atoms with E-state index in [1.54, 1.807) is 12.4 Å². The molecule has 6 heteroatoms. The molecule has 2 heterocycles. The zero-order valence-corrected chi connectivity index (χ0v) is 14.1. The van der Waals surface area contributed by atoms with E-state index in [-0.39, 0.29) is 5.91 Å². The number of hydrogen-bond donors (Lipinski definition) is 0. The first kappa shape index (κ1) is 16.8. The normalized spacial score (nSPS) is 10.6. The van der Waals surface area contributed by atoms with Gasteiger partial charge < -0.3 is 9.42 Å². The average Bonchev–Trinajstić information content (AvgIpc) is 3.15. The molecule has 2 aromatic heterocycles. The van der Waals surface area contributed by atoms with Crippen molar-refractivity contribution in [2.45, 2.75) is 26.3 Å². The summed E-state index contributed by atoms with van der Waals surface area (Å²) in [5.74, 6) is 1.03. The van der Waals surface area contributed by atoms with Crippen LogP contribution in [0, 0.1) is 0 Å². The van der Waals surface area contributed by atoms with Crippen LogP contribution in [0.1, 0.15) is 24.8 Å². The molecule has 0 aliphatic rings. The fourth-order valence-corrected chi connectivity index (χ4v) is 2.52. The smallest absolute Gasteiger partial charge is 0.227 e. The monoisotopic (exact) mass is 336 g/mol. The minimum Gasteiger partial charge on any atom is -0.339 e. The standard InChI is InChI=1S/C19H20N4O2/c1-2-23(14-15-7-4-3-5-8-15)18(24)11-10-17-21-19(22-25-17)16-9-6-12-20-13-16/h3-9,12-13H,2,10-11,14H2,1H3. The van der Waals surface area contributed by atoms with Gasteiger partial charge in [0, 0.05) is 43.9 Å². The summed E-state index contributed by atoms with van der Waals surface area (Å²) < 4.78 is 5.24. The van der Waals surface area contributed by atoms with Crippen molar-refractivity contribution in [1.82, 2.24) is 20.0 Å². The molecule has 0 atom stereocenters. The first-order chi connectivity index (χ1) is 12.3. The third-order valence-corrected chi connectivity index (χ3v) is 3.89. The predicted molar refractivity (Wildman–Crippen MR) is 93.4 cm³/mol. The van der Waals surface area contributed by atoms with Gasteiger partial charge in [0.15, 0.2) is 0 Å². The van der Waals surface area contributed by atoms with Crippen molar-refractivity contribution in [2.24, 2.45) is 0 Å². The Bertz CT molecular complexity index is 803. The summed E-state index contributed by atoms with van der Waals surface area (Å²) in [6.07, 6.45) is 4.14. The molecule has 0 N–H and O–H groups in total. The highest BCUT2D eigenvalue weighted by molar-refractivity contribution is 5.76. The molecule has 0 aliphatic heterocycles.